The van der Waals surface area contributed by atoms with E-state index in [9.17, 15) is 22.4 Å². The van der Waals surface area contributed by atoms with E-state index in [1.54, 1.807) is 0 Å². The maximum atomic E-state index is 13.1. The van der Waals surface area contributed by atoms with Gasteiger partial charge < -0.3 is 9.84 Å². The highest BCUT2D eigenvalue weighted by molar-refractivity contribution is 5.89. The standard InChI is InChI=1S/C15H18F4O3/c1-2-3-4-5-6-13(15(17,18)19)22-14(21)10-7-8-12(20)11(16)9-10/h7-9,13,20H,2-6H2,1H3. The van der Waals surface area contributed by atoms with Crippen molar-refractivity contribution < 1.29 is 32.2 Å². The minimum atomic E-state index is -4.67. The Morgan fingerprint density at radius 1 is 1.27 bits per heavy atom. The lowest BCUT2D eigenvalue weighted by molar-refractivity contribution is -0.206. The van der Waals surface area contributed by atoms with Gasteiger partial charge in [0.15, 0.2) is 17.7 Å². The Morgan fingerprint density at radius 2 is 1.95 bits per heavy atom. The number of benzene rings is 1. The topological polar surface area (TPSA) is 46.5 Å². The van der Waals surface area contributed by atoms with Crippen LogP contribution in [0.2, 0.25) is 0 Å². The van der Waals surface area contributed by atoms with Gasteiger partial charge in [0.25, 0.3) is 0 Å². The van der Waals surface area contributed by atoms with Crippen LogP contribution in [0.5, 0.6) is 5.75 Å². The van der Waals surface area contributed by atoms with E-state index in [-0.39, 0.29) is 18.4 Å². The second-order valence-corrected chi connectivity index (χ2v) is 4.95. The van der Waals surface area contributed by atoms with Gasteiger partial charge in [-0.2, -0.15) is 13.2 Å². The Labute approximate surface area is 125 Å². The molecule has 0 aliphatic rings. The summed E-state index contributed by atoms with van der Waals surface area (Å²) < 4.78 is 56.2. The first-order valence-electron chi connectivity index (χ1n) is 7.02. The van der Waals surface area contributed by atoms with Crippen molar-refractivity contribution in [2.24, 2.45) is 0 Å². The molecule has 0 saturated carbocycles. The van der Waals surface area contributed by atoms with Crippen molar-refractivity contribution in [1.29, 1.82) is 0 Å². The van der Waals surface area contributed by atoms with Crippen molar-refractivity contribution in [3.8, 4) is 5.75 Å². The average Bonchev–Trinajstić information content (AvgIpc) is 2.43. The summed E-state index contributed by atoms with van der Waals surface area (Å²) in [7, 11) is 0. The first-order chi connectivity index (χ1) is 10.3. The lowest BCUT2D eigenvalue weighted by Crippen LogP contribution is -2.33. The van der Waals surface area contributed by atoms with E-state index in [1.807, 2.05) is 6.92 Å². The molecule has 3 nitrogen and oxygen atoms in total. The largest absolute Gasteiger partial charge is 0.505 e. The highest BCUT2D eigenvalue weighted by Gasteiger charge is 2.42. The van der Waals surface area contributed by atoms with E-state index < -0.39 is 29.8 Å². The number of hydrogen-bond donors (Lipinski definition) is 1. The summed E-state index contributed by atoms with van der Waals surface area (Å²) in [5, 5.41) is 9.00. The van der Waals surface area contributed by atoms with Gasteiger partial charge in [0.1, 0.15) is 0 Å². The summed E-state index contributed by atoms with van der Waals surface area (Å²) in [6, 6.07) is 2.53. The van der Waals surface area contributed by atoms with Crippen LogP contribution in [0.25, 0.3) is 0 Å². The van der Waals surface area contributed by atoms with Crippen molar-refractivity contribution >= 4 is 5.97 Å². The third-order valence-corrected chi connectivity index (χ3v) is 3.12. The molecule has 1 N–H and O–H groups in total. The molecule has 1 unspecified atom stereocenters. The summed E-state index contributed by atoms with van der Waals surface area (Å²) in [4.78, 5) is 11.7. The first-order valence-corrected chi connectivity index (χ1v) is 7.02. The Morgan fingerprint density at radius 3 is 2.50 bits per heavy atom. The molecule has 7 heteroatoms. The molecule has 0 saturated heterocycles. The molecule has 1 aromatic rings. The summed E-state index contributed by atoms with van der Waals surface area (Å²) in [5.41, 5.74) is -0.377. The van der Waals surface area contributed by atoms with Crippen molar-refractivity contribution in [1.82, 2.24) is 0 Å². The normalized spacial score (nSPS) is 13.0. The first kappa shape index (κ1) is 18.3. The smallest absolute Gasteiger partial charge is 0.425 e. The number of aromatic hydroxyl groups is 1. The maximum Gasteiger partial charge on any atom is 0.425 e. The number of alkyl halides is 3. The highest BCUT2D eigenvalue weighted by Crippen LogP contribution is 2.28. The quantitative estimate of drug-likeness (QED) is 0.454. The van der Waals surface area contributed by atoms with E-state index in [4.69, 9.17) is 5.11 Å². The van der Waals surface area contributed by atoms with Gasteiger partial charge in [0, 0.05) is 0 Å². The van der Waals surface area contributed by atoms with Gasteiger partial charge in [-0.3, -0.25) is 0 Å². The van der Waals surface area contributed by atoms with Gasteiger partial charge in [-0.15, -0.1) is 0 Å². The van der Waals surface area contributed by atoms with Crippen LogP contribution in [0.3, 0.4) is 0 Å². The van der Waals surface area contributed by atoms with Crippen molar-refractivity contribution in [3.63, 3.8) is 0 Å². The zero-order chi connectivity index (χ0) is 16.8. The average molecular weight is 322 g/mol. The second kappa shape index (κ2) is 8.00. The molecule has 0 spiro atoms. The zero-order valence-corrected chi connectivity index (χ0v) is 12.1. The molecule has 0 bridgehead atoms. The molecule has 0 aliphatic heterocycles. The minimum absolute atomic E-state index is 0.287. The summed E-state index contributed by atoms with van der Waals surface area (Å²) >= 11 is 0. The van der Waals surface area contributed by atoms with Gasteiger partial charge in [0.2, 0.25) is 0 Å². The van der Waals surface area contributed by atoms with Gasteiger partial charge in [-0.05, 0) is 31.0 Å². The lowest BCUT2D eigenvalue weighted by Gasteiger charge is -2.20. The fraction of sp³-hybridized carbons (Fsp3) is 0.533. The summed E-state index contributed by atoms with van der Waals surface area (Å²) in [6.07, 6.45) is -4.62. The van der Waals surface area contributed by atoms with Crippen molar-refractivity contribution in [3.05, 3.63) is 29.6 Å². The van der Waals surface area contributed by atoms with Gasteiger partial charge in [0.05, 0.1) is 5.56 Å². The fourth-order valence-corrected chi connectivity index (χ4v) is 1.88. The number of halogens is 4. The van der Waals surface area contributed by atoms with E-state index in [0.717, 1.165) is 25.0 Å². The monoisotopic (exact) mass is 322 g/mol. The van der Waals surface area contributed by atoms with E-state index in [0.29, 0.717) is 12.5 Å². The van der Waals surface area contributed by atoms with E-state index >= 15 is 0 Å². The summed E-state index contributed by atoms with van der Waals surface area (Å²) in [6.45, 7) is 1.93. The van der Waals surface area contributed by atoms with Crippen LogP contribution in [0.1, 0.15) is 49.4 Å². The number of ether oxygens (including phenoxy) is 1. The van der Waals surface area contributed by atoms with Gasteiger partial charge in [-0.1, -0.05) is 26.2 Å². The number of hydrogen-bond acceptors (Lipinski definition) is 3. The van der Waals surface area contributed by atoms with Crippen LogP contribution in [0.4, 0.5) is 17.6 Å². The van der Waals surface area contributed by atoms with Gasteiger partial charge in [-0.25, -0.2) is 9.18 Å². The molecular formula is C15H18F4O3. The molecule has 1 atom stereocenters. The molecule has 22 heavy (non-hydrogen) atoms. The molecule has 0 fully saturated rings. The van der Waals surface area contributed by atoms with Crippen LogP contribution in [-0.2, 0) is 4.74 Å². The zero-order valence-electron chi connectivity index (χ0n) is 12.1. The molecule has 0 radical (unpaired) electrons. The molecule has 124 valence electrons. The molecule has 0 aliphatic carbocycles. The molecule has 1 aromatic carbocycles. The minimum Gasteiger partial charge on any atom is -0.505 e. The second-order valence-electron chi connectivity index (χ2n) is 4.95. The van der Waals surface area contributed by atoms with Crippen LogP contribution in [0, 0.1) is 5.82 Å². The SMILES string of the molecule is CCCCCCC(OC(=O)c1ccc(O)c(F)c1)C(F)(F)F. The van der Waals surface area contributed by atoms with E-state index in [1.165, 1.54) is 0 Å². The van der Waals surface area contributed by atoms with Crippen LogP contribution >= 0.6 is 0 Å². The van der Waals surface area contributed by atoms with Crippen LogP contribution < -0.4 is 0 Å². The van der Waals surface area contributed by atoms with Gasteiger partial charge >= 0.3 is 12.1 Å². The molecular weight excluding hydrogens is 304 g/mol. The molecule has 0 amide bonds. The number of carbonyl (C=O) groups is 1. The number of unbranched alkanes of at least 4 members (excludes halogenated alkanes) is 3. The van der Waals surface area contributed by atoms with Crippen LogP contribution in [-0.4, -0.2) is 23.4 Å². The maximum absolute atomic E-state index is 13.1. The molecule has 1 rings (SSSR count). The predicted octanol–water partition coefficient (Wildman–Crippen LogP) is 4.59. The summed E-state index contributed by atoms with van der Waals surface area (Å²) in [5.74, 6) is -3.05. The number of carbonyl (C=O) groups excluding carboxylic acids is 1. The Hall–Kier alpha value is -1.79. The number of phenols is 1. The Kier molecular flexibility index (Phi) is 6.64. The third-order valence-electron chi connectivity index (χ3n) is 3.12. The number of phenolic OH excluding ortho intramolecular Hbond substituents is 1. The fourth-order valence-electron chi connectivity index (χ4n) is 1.88. The van der Waals surface area contributed by atoms with E-state index in [2.05, 4.69) is 4.74 Å². The molecule has 0 aromatic heterocycles. The number of esters is 1. The van der Waals surface area contributed by atoms with Crippen molar-refractivity contribution in [2.45, 2.75) is 51.3 Å². The lowest BCUT2D eigenvalue weighted by atomic mass is 10.1. The van der Waals surface area contributed by atoms with Crippen LogP contribution in [0.15, 0.2) is 18.2 Å². The Balaban J connectivity index is 2.71. The van der Waals surface area contributed by atoms with Crippen molar-refractivity contribution in [2.75, 3.05) is 0 Å². The molecule has 0 heterocycles. The predicted molar refractivity (Wildman–Crippen MR) is 72.1 cm³/mol. The Bertz CT molecular complexity index is 500. The highest BCUT2D eigenvalue weighted by atomic mass is 19.4. The number of rotatable bonds is 7. The third kappa shape index (κ3) is 5.54.